The average molecular weight is 433 g/mol. The second kappa shape index (κ2) is 7.98. The number of hydrogen-bond acceptors (Lipinski definition) is 3. The van der Waals surface area contributed by atoms with Gasteiger partial charge in [0.2, 0.25) is 0 Å². The van der Waals surface area contributed by atoms with Crippen LogP contribution in [0, 0.1) is 11.8 Å². The Hall–Kier alpha value is -1.68. The molecule has 1 saturated carbocycles. The fraction of sp³-hybridized carbons (Fsp3) is 0.588. The number of amides is 1. The molecule has 1 aromatic rings. The van der Waals surface area contributed by atoms with Crippen molar-refractivity contribution in [1.82, 2.24) is 4.90 Å². The number of hydrogen-bond donors (Lipinski definition) is 1. The van der Waals surface area contributed by atoms with Gasteiger partial charge < -0.3 is 15.4 Å². The maximum Gasteiger partial charge on any atom is 0.416 e. The van der Waals surface area contributed by atoms with Crippen LogP contribution >= 0.6 is 12.4 Å². The number of nitrogens with zero attached hydrogens (tertiary/aromatic N) is 1. The molecule has 3 rings (SSSR count). The van der Waals surface area contributed by atoms with Gasteiger partial charge in [-0.1, -0.05) is 0 Å². The molecule has 2 aliphatic rings. The maximum atomic E-state index is 12.8. The van der Waals surface area contributed by atoms with Gasteiger partial charge in [-0.25, -0.2) is 0 Å². The third-order valence-electron chi connectivity index (χ3n) is 5.19. The predicted molar refractivity (Wildman–Crippen MR) is 90.0 cm³/mol. The number of carbonyl (C=O) groups is 1. The third kappa shape index (κ3) is 4.83. The Morgan fingerprint density at radius 2 is 1.61 bits per heavy atom. The summed E-state index contributed by atoms with van der Waals surface area (Å²) in [7, 11) is 0. The van der Waals surface area contributed by atoms with E-state index in [1.807, 2.05) is 0 Å². The van der Waals surface area contributed by atoms with Gasteiger partial charge in [-0.05, 0) is 42.9 Å². The maximum absolute atomic E-state index is 12.8. The van der Waals surface area contributed by atoms with Gasteiger partial charge in [0.25, 0.3) is 5.91 Å². The SMILES string of the molecule is Cl.NC1CCC2CN(C(=O)COc3cc(C(F)(F)F)cc(C(F)(F)F)c3)CC12. The third-order valence-corrected chi connectivity index (χ3v) is 5.19. The van der Waals surface area contributed by atoms with Crippen LogP contribution in [0.4, 0.5) is 26.3 Å². The molecule has 3 unspecified atom stereocenters. The number of nitrogens with two attached hydrogens (primary N) is 1. The number of carbonyl (C=O) groups excluding carboxylic acids is 1. The van der Waals surface area contributed by atoms with Crippen molar-refractivity contribution in [3.63, 3.8) is 0 Å². The van der Waals surface area contributed by atoms with Crippen LogP contribution < -0.4 is 10.5 Å². The summed E-state index contributed by atoms with van der Waals surface area (Å²) in [6, 6.07) is 0.929. The highest BCUT2D eigenvalue weighted by Gasteiger charge is 2.42. The van der Waals surface area contributed by atoms with Crippen molar-refractivity contribution in [3.8, 4) is 5.75 Å². The Balaban J connectivity index is 0.00000280. The first-order valence-corrected chi connectivity index (χ1v) is 8.41. The minimum atomic E-state index is -4.97. The summed E-state index contributed by atoms with van der Waals surface area (Å²) >= 11 is 0. The molecule has 1 saturated heterocycles. The van der Waals surface area contributed by atoms with Gasteiger partial charge in [0.05, 0.1) is 11.1 Å². The number of likely N-dealkylation sites (tertiary alicyclic amines) is 1. The van der Waals surface area contributed by atoms with Crippen molar-refractivity contribution < 1.29 is 35.9 Å². The molecule has 0 radical (unpaired) electrons. The first kappa shape index (κ1) is 22.6. The number of ether oxygens (including phenoxy) is 1. The summed E-state index contributed by atoms with van der Waals surface area (Å²) in [4.78, 5) is 13.7. The molecule has 0 spiro atoms. The van der Waals surface area contributed by atoms with E-state index < -0.39 is 41.7 Å². The van der Waals surface area contributed by atoms with E-state index >= 15 is 0 Å². The van der Waals surface area contributed by atoms with E-state index in [1.165, 1.54) is 4.90 Å². The Bertz CT molecular complexity index is 692. The van der Waals surface area contributed by atoms with Crippen LogP contribution in [0.3, 0.4) is 0 Å². The normalized spacial score (nSPS) is 24.7. The van der Waals surface area contributed by atoms with Gasteiger partial charge in [-0.15, -0.1) is 12.4 Å². The lowest BCUT2D eigenvalue weighted by Crippen LogP contribution is -2.36. The lowest BCUT2D eigenvalue weighted by atomic mass is 9.98. The van der Waals surface area contributed by atoms with Gasteiger partial charge >= 0.3 is 12.4 Å². The molecular weight excluding hydrogens is 414 g/mol. The highest BCUT2D eigenvalue weighted by molar-refractivity contribution is 5.85. The zero-order valence-electron chi connectivity index (χ0n) is 14.5. The van der Waals surface area contributed by atoms with Crippen LogP contribution in [0.5, 0.6) is 5.75 Å². The Labute approximate surface area is 163 Å². The largest absolute Gasteiger partial charge is 0.484 e. The second-order valence-corrected chi connectivity index (χ2v) is 6.99. The van der Waals surface area contributed by atoms with E-state index in [2.05, 4.69) is 0 Å². The molecule has 158 valence electrons. The van der Waals surface area contributed by atoms with Crippen LogP contribution in [0.1, 0.15) is 24.0 Å². The van der Waals surface area contributed by atoms with Gasteiger partial charge in [0.1, 0.15) is 5.75 Å². The Morgan fingerprint density at radius 1 is 1.04 bits per heavy atom. The zero-order valence-corrected chi connectivity index (χ0v) is 15.3. The van der Waals surface area contributed by atoms with Gasteiger partial charge in [0, 0.05) is 19.1 Å². The summed E-state index contributed by atoms with van der Waals surface area (Å²) in [5, 5.41) is 0. The van der Waals surface area contributed by atoms with E-state index in [1.54, 1.807) is 0 Å². The molecule has 1 amide bonds. The summed E-state index contributed by atoms with van der Waals surface area (Å²) < 4.78 is 82.0. The minimum absolute atomic E-state index is 0. The van der Waals surface area contributed by atoms with E-state index in [-0.39, 0.29) is 36.4 Å². The Morgan fingerprint density at radius 3 is 2.11 bits per heavy atom. The molecule has 2 fully saturated rings. The van der Waals surface area contributed by atoms with Crippen LogP contribution in [-0.2, 0) is 17.1 Å². The minimum Gasteiger partial charge on any atom is -0.484 e. The van der Waals surface area contributed by atoms with Crippen molar-refractivity contribution in [3.05, 3.63) is 29.3 Å². The summed E-state index contributed by atoms with van der Waals surface area (Å²) in [6.45, 7) is 0.286. The zero-order chi connectivity index (χ0) is 20.0. The van der Waals surface area contributed by atoms with E-state index in [0.29, 0.717) is 25.2 Å². The molecule has 4 nitrogen and oxygen atoms in total. The van der Waals surface area contributed by atoms with Crippen LogP contribution in [0.25, 0.3) is 0 Å². The first-order chi connectivity index (χ1) is 12.4. The molecule has 2 N–H and O–H groups in total. The standard InChI is InChI=1S/C17H18F6N2O2.ClH/c18-16(19,20)10-3-11(17(21,22)23)5-12(4-10)27-8-15(26)25-6-9-1-2-14(24)13(9)7-25;/h3-5,9,13-14H,1-2,6-8,24H2;1H. The van der Waals surface area contributed by atoms with Crippen molar-refractivity contribution in [2.75, 3.05) is 19.7 Å². The molecule has 0 aromatic heterocycles. The van der Waals surface area contributed by atoms with E-state index in [9.17, 15) is 31.1 Å². The topological polar surface area (TPSA) is 55.6 Å². The molecular formula is C17H19ClF6N2O2. The fourth-order valence-electron chi connectivity index (χ4n) is 3.76. The highest BCUT2D eigenvalue weighted by Crippen LogP contribution is 2.39. The number of halogens is 7. The van der Waals surface area contributed by atoms with Crippen LogP contribution in [0.15, 0.2) is 18.2 Å². The van der Waals surface area contributed by atoms with Gasteiger partial charge in [0.15, 0.2) is 6.61 Å². The van der Waals surface area contributed by atoms with Crippen molar-refractivity contribution in [2.24, 2.45) is 17.6 Å². The number of alkyl halides is 6. The molecule has 1 aliphatic carbocycles. The monoisotopic (exact) mass is 432 g/mol. The van der Waals surface area contributed by atoms with E-state index in [0.717, 1.165) is 12.8 Å². The molecule has 0 bridgehead atoms. The van der Waals surface area contributed by atoms with Crippen molar-refractivity contribution in [2.45, 2.75) is 31.2 Å². The lowest BCUT2D eigenvalue weighted by Gasteiger charge is -2.19. The number of rotatable bonds is 3. The number of benzene rings is 1. The molecule has 3 atom stereocenters. The predicted octanol–water partition coefficient (Wildman–Crippen LogP) is 3.72. The van der Waals surface area contributed by atoms with Crippen LogP contribution in [-0.4, -0.2) is 36.5 Å². The quantitative estimate of drug-likeness (QED) is 0.741. The second-order valence-electron chi connectivity index (χ2n) is 6.99. The summed E-state index contributed by atoms with van der Waals surface area (Å²) in [6.07, 6.45) is -8.14. The molecule has 11 heteroatoms. The molecule has 1 aromatic carbocycles. The Kier molecular flexibility index (Phi) is 6.44. The number of fused-ring (bicyclic) bond motifs is 1. The fourth-order valence-corrected chi connectivity index (χ4v) is 3.76. The first-order valence-electron chi connectivity index (χ1n) is 8.41. The summed E-state index contributed by atoms with van der Waals surface area (Å²) in [5.74, 6) is -0.669. The average Bonchev–Trinajstić information content (AvgIpc) is 3.13. The van der Waals surface area contributed by atoms with Gasteiger partial charge in [-0.3, -0.25) is 4.79 Å². The molecule has 1 heterocycles. The van der Waals surface area contributed by atoms with Crippen molar-refractivity contribution in [1.29, 1.82) is 0 Å². The smallest absolute Gasteiger partial charge is 0.416 e. The van der Waals surface area contributed by atoms with Crippen molar-refractivity contribution >= 4 is 18.3 Å². The van der Waals surface area contributed by atoms with Crippen LogP contribution in [0.2, 0.25) is 0 Å². The highest BCUT2D eigenvalue weighted by atomic mass is 35.5. The molecule has 1 aliphatic heterocycles. The lowest BCUT2D eigenvalue weighted by molar-refractivity contribution is -0.143. The summed E-state index contributed by atoms with van der Waals surface area (Å²) in [5.41, 5.74) is 3.01. The van der Waals surface area contributed by atoms with Gasteiger partial charge in [-0.2, -0.15) is 26.3 Å². The molecule has 28 heavy (non-hydrogen) atoms. The van der Waals surface area contributed by atoms with E-state index in [4.69, 9.17) is 10.5 Å².